The van der Waals surface area contributed by atoms with Crippen LogP contribution < -0.4 is 5.73 Å². The molecular formula is C16H25NO2. The van der Waals surface area contributed by atoms with Crippen molar-refractivity contribution in [2.75, 3.05) is 0 Å². The monoisotopic (exact) mass is 263 g/mol. The summed E-state index contributed by atoms with van der Waals surface area (Å²) >= 11 is 0. The van der Waals surface area contributed by atoms with Crippen LogP contribution in [0.4, 0.5) is 0 Å². The minimum Gasteiger partial charge on any atom is -0.480 e. The van der Waals surface area contributed by atoms with Crippen molar-refractivity contribution in [3.63, 3.8) is 0 Å². The van der Waals surface area contributed by atoms with Crippen molar-refractivity contribution in [3.8, 4) is 0 Å². The Labute approximate surface area is 115 Å². The molecule has 19 heavy (non-hydrogen) atoms. The van der Waals surface area contributed by atoms with Crippen molar-refractivity contribution >= 4 is 5.97 Å². The molecule has 0 aliphatic carbocycles. The highest BCUT2D eigenvalue weighted by Gasteiger charge is 2.29. The van der Waals surface area contributed by atoms with E-state index in [2.05, 4.69) is 39.0 Å². The number of carboxylic acid groups (broad SMARTS) is 1. The number of carboxylic acids is 1. The zero-order valence-corrected chi connectivity index (χ0v) is 12.4. The highest BCUT2D eigenvalue weighted by molar-refractivity contribution is 5.77. The highest BCUT2D eigenvalue weighted by atomic mass is 16.4. The van der Waals surface area contributed by atoms with Crippen molar-refractivity contribution < 1.29 is 9.90 Å². The Bertz CT molecular complexity index is 432. The van der Waals surface area contributed by atoms with Crippen LogP contribution in [0.3, 0.4) is 0 Å². The molecule has 3 N–H and O–H groups in total. The van der Waals surface area contributed by atoms with E-state index in [0.717, 1.165) is 12.8 Å². The van der Waals surface area contributed by atoms with Crippen LogP contribution in [0.15, 0.2) is 18.2 Å². The Morgan fingerprint density at radius 3 is 2.32 bits per heavy atom. The number of aliphatic carboxylic acids is 1. The van der Waals surface area contributed by atoms with Crippen molar-refractivity contribution in [1.82, 2.24) is 0 Å². The van der Waals surface area contributed by atoms with E-state index in [-0.39, 0.29) is 0 Å². The Morgan fingerprint density at radius 2 is 1.84 bits per heavy atom. The van der Waals surface area contributed by atoms with Crippen LogP contribution in [0, 0.1) is 19.8 Å². The summed E-state index contributed by atoms with van der Waals surface area (Å²) in [6.45, 7) is 7.85. The molecule has 0 aliphatic rings. The third kappa shape index (κ3) is 5.03. The van der Waals surface area contributed by atoms with E-state index in [4.69, 9.17) is 10.8 Å². The van der Waals surface area contributed by atoms with E-state index in [1.807, 2.05) is 0 Å². The second-order valence-electron chi connectivity index (χ2n) is 6.07. The molecule has 0 bridgehead atoms. The standard InChI is InChI=1S/C16H25NO2/c1-11(10-16(4,17)15(18)19)5-6-14-8-12(2)7-13(3)9-14/h7-9,11H,5-6,10,17H2,1-4H3,(H,18,19). The number of benzene rings is 1. The highest BCUT2D eigenvalue weighted by Crippen LogP contribution is 2.20. The number of carbonyl (C=O) groups is 1. The molecule has 0 aliphatic heterocycles. The summed E-state index contributed by atoms with van der Waals surface area (Å²) in [6.07, 6.45) is 2.44. The molecule has 1 aromatic rings. The van der Waals surface area contributed by atoms with E-state index in [1.165, 1.54) is 16.7 Å². The summed E-state index contributed by atoms with van der Waals surface area (Å²) in [5.74, 6) is -0.627. The van der Waals surface area contributed by atoms with Gasteiger partial charge in [0.25, 0.3) is 0 Å². The number of aryl methyl sites for hydroxylation is 3. The van der Waals surface area contributed by atoms with Crippen LogP contribution in [0.5, 0.6) is 0 Å². The Morgan fingerprint density at radius 1 is 1.32 bits per heavy atom. The Hall–Kier alpha value is -1.35. The molecule has 0 radical (unpaired) electrons. The van der Waals surface area contributed by atoms with Gasteiger partial charge in [0.2, 0.25) is 0 Å². The molecule has 0 spiro atoms. The van der Waals surface area contributed by atoms with Crippen LogP contribution >= 0.6 is 0 Å². The van der Waals surface area contributed by atoms with Gasteiger partial charge in [0.1, 0.15) is 5.54 Å². The second kappa shape index (κ2) is 6.20. The smallest absolute Gasteiger partial charge is 0.323 e. The molecular weight excluding hydrogens is 238 g/mol. The maximum atomic E-state index is 11.0. The lowest BCUT2D eigenvalue weighted by atomic mass is 9.87. The van der Waals surface area contributed by atoms with Crippen LogP contribution in [-0.2, 0) is 11.2 Å². The van der Waals surface area contributed by atoms with Crippen molar-refractivity contribution in [2.45, 2.75) is 52.5 Å². The van der Waals surface area contributed by atoms with Crippen LogP contribution in [0.1, 0.15) is 43.4 Å². The van der Waals surface area contributed by atoms with Gasteiger partial charge >= 0.3 is 5.97 Å². The molecule has 0 saturated carbocycles. The summed E-state index contributed by atoms with van der Waals surface area (Å²) in [7, 11) is 0. The van der Waals surface area contributed by atoms with Crippen molar-refractivity contribution in [1.29, 1.82) is 0 Å². The minimum atomic E-state index is -1.12. The molecule has 1 rings (SSSR count). The normalized spacial score (nSPS) is 15.8. The average Bonchev–Trinajstić information content (AvgIpc) is 2.24. The predicted octanol–water partition coefficient (Wildman–Crippen LogP) is 3.06. The fourth-order valence-electron chi connectivity index (χ4n) is 2.54. The molecule has 2 unspecified atom stereocenters. The molecule has 1 aromatic carbocycles. The van der Waals surface area contributed by atoms with Crippen molar-refractivity contribution in [2.24, 2.45) is 11.7 Å². The second-order valence-corrected chi connectivity index (χ2v) is 6.07. The number of hydrogen-bond donors (Lipinski definition) is 2. The molecule has 3 heteroatoms. The van der Waals surface area contributed by atoms with Crippen molar-refractivity contribution in [3.05, 3.63) is 34.9 Å². The minimum absolute atomic E-state index is 0.298. The third-order valence-electron chi connectivity index (χ3n) is 3.47. The zero-order chi connectivity index (χ0) is 14.6. The molecule has 0 amide bonds. The SMILES string of the molecule is Cc1cc(C)cc(CCC(C)CC(C)(N)C(=O)O)c1. The summed E-state index contributed by atoms with van der Waals surface area (Å²) in [4.78, 5) is 11.0. The summed E-state index contributed by atoms with van der Waals surface area (Å²) in [6, 6.07) is 6.55. The lowest BCUT2D eigenvalue weighted by molar-refractivity contribution is -0.143. The topological polar surface area (TPSA) is 63.3 Å². The van der Waals surface area contributed by atoms with Gasteiger partial charge in [-0.25, -0.2) is 0 Å². The summed E-state index contributed by atoms with van der Waals surface area (Å²) in [5.41, 5.74) is 8.52. The molecule has 106 valence electrons. The molecule has 0 heterocycles. The van der Waals surface area contributed by atoms with Gasteiger partial charge in [-0.05, 0) is 51.5 Å². The molecule has 3 nitrogen and oxygen atoms in total. The molecule has 2 atom stereocenters. The first-order chi connectivity index (χ1) is 8.70. The third-order valence-corrected chi connectivity index (χ3v) is 3.47. The van der Waals surface area contributed by atoms with Gasteiger partial charge in [0.15, 0.2) is 0 Å². The Balaban J connectivity index is 2.55. The fourth-order valence-corrected chi connectivity index (χ4v) is 2.54. The van der Waals surface area contributed by atoms with E-state index in [0.29, 0.717) is 12.3 Å². The van der Waals surface area contributed by atoms with E-state index < -0.39 is 11.5 Å². The zero-order valence-electron chi connectivity index (χ0n) is 12.4. The predicted molar refractivity (Wildman–Crippen MR) is 78.2 cm³/mol. The lowest BCUT2D eigenvalue weighted by Gasteiger charge is -2.23. The Kier molecular flexibility index (Phi) is 5.12. The molecule has 0 aromatic heterocycles. The largest absolute Gasteiger partial charge is 0.480 e. The van der Waals surface area contributed by atoms with Gasteiger partial charge in [-0.15, -0.1) is 0 Å². The van der Waals surface area contributed by atoms with Crippen LogP contribution in [-0.4, -0.2) is 16.6 Å². The average molecular weight is 263 g/mol. The first-order valence-electron chi connectivity index (χ1n) is 6.80. The van der Waals surface area contributed by atoms with Crippen LogP contribution in [0.25, 0.3) is 0 Å². The lowest BCUT2D eigenvalue weighted by Crippen LogP contribution is -2.46. The van der Waals surface area contributed by atoms with E-state index >= 15 is 0 Å². The summed E-state index contributed by atoms with van der Waals surface area (Å²) in [5, 5.41) is 9.02. The number of hydrogen-bond acceptors (Lipinski definition) is 2. The number of nitrogens with two attached hydrogens (primary N) is 1. The maximum Gasteiger partial charge on any atom is 0.323 e. The quantitative estimate of drug-likeness (QED) is 0.829. The van der Waals surface area contributed by atoms with Crippen LogP contribution in [0.2, 0.25) is 0 Å². The molecule has 0 saturated heterocycles. The van der Waals surface area contributed by atoms with Gasteiger partial charge in [0.05, 0.1) is 0 Å². The van der Waals surface area contributed by atoms with Gasteiger partial charge in [0, 0.05) is 0 Å². The maximum absolute atomic E-state index is 11.0. The van der Waals surface area contributed by atoms with E-state index in [9.17, 15) is 4.79 Å². The van der Waals surface area contributed by atoms with Gasteiger partial charge in [-0.1, -0.05) is 36.2 Å². The fraction of sp³-hybridized carbons (Fsp3) is 0.562. The number of rotatable bonds is 6. The first-order valence-corrected chi connectivity index (χ1v) is 6.80. The van der Waals surface area contributed by atoms with Gasteiger partial charge in [-0.2, -0.15) is 0 Å². The van der Waals surface area contributed by atoms with Gasteiger partial charge in [-0.3, -0.25) is 4.79 Å². The molecule has 0 fully saturated rings. The van der Waals surface area contributed by atoms with E-state index in [1.54, 1.807) is 6.92 Å². The first kappa shape index (κ1) is 15.7. The van der Waals surface area contributed by atoms with Gasteiger partial charge < -0.3 is 10.8 Å². The summed E-state index contributed by atoms with van der Waals surface area (Å²) < 4.78 is 0.